The van der Waals surface area contributed by atoms with Gasteiger partial charge in [-0.15, -0.1) is 0 Å². The molecule has 0 spiro atoms. The van der Waals surface area contributed by atoms with Crippen molar-refractivity contribution in [1.82, 2.24) is 0 Å². The van der Waals surface area contributed by atoms with Crippen molar-refractivity contribution in [3.05, 3.63) is 63.6 Å². The van der Waals surface area contributed by atoms with Crippen LogP contribution in [0.25, 0.3) is 0 Å². The third kappa shape index (κ3) is 2.41. The van der Waals surface area contributed by atoms with E-state index in [-0.39, 0.29) is 11.7 Å². The summed E-state index contributed by atoms with van der Waals surface area (Å²) in [5.74, 6) is 0.661. The number of ketones is 1. The van der Waals surface area contributed by atoms with Crippen molar-refractivity contribution in [3.63, 3.8) is 0 Å². The second-order valence-corrected chi connectivity index (χ2v) is 5.54. The number of carbonyl (C=O) groups excluding carboxylic acids is 1. The smallest absolute Gasteiger partial charge is 0.170 e. The second kappa shape index (κ2) is 5.47. The first-order valence-corrected chi connectivity index (χ1v) is 7.13. The standard InChI is InChI=1S/C16H12Cl2O2/c17-13-6-5-10(9-14(13)18)16(19)12-7-8-20-15-4-2-1-3-11(12)15/h1-6,9,12H,7-8H2. The van der Waals surface area contributed by atoms with Gasteiger partial charge in [0.1, 0.15) is 5.75 Å². The van der Waals surface area contributed by atoms with Crippen molar-refractivity contribution in [2.24, 2.45) is 0 Å². The molecule has 20 heavy (non-hydrogen) atoms. The molecule has 1 aliphatic rings. The zero-order chi connectivity index (χ0) is 14.1. The van der Waals surface area contributed by atoms with Crippen LogP contribution in [0.5, 0.6) is 5.75 Å². The summed E-state index contributed by atoms with van der Waals surface area (Å²) in [6, 6.07) is 12.7. The van der Waals surface area contributed by atoms with Gasteiger partial charge >= 0.3 is 0 Å². The molecule has 0 radical (unpaired) electrons. The van der Waals surface area contributed by atoms with Crippen LogP contribution in [0.1, 0.15) is 28.3 Å². The molecule has 2 aromatic rings. The van der Waals surface area contributed by atoms with Gasteiger partial charge in [-0.25, -0.2) is 0 Å². The molecule has 0 N–H and O–H groups in total. The van der Waals surface area contributed by atoms with E-state index in [0.29, 0.717) is 28.6 Å². The van der Waals surface area contributed by atoms with E-state index in [4.69, 9.17) is 27.9 Å². The highest BCUT2D eigenvalue weighted by Gasteiger charge is 2.28. The van der Waals surface area contributed by atoms with Gasteiger partial charge in [0.15, 0.2) is 5.78 Å². The summed E-state index contributed by atoms with van der Waals surface area (Å²) >= 11 is 11.9. The van der Waals surface area contributed by atoms with Crippen molar-refractivity contribution in [2.75, 3.05) is 6.61 Å². The van der Waals surface area contributed by atoms with E-state index < -0.39 is 0 Å². The number of benzene rings is 2. The average molecular weight is 307 g/mol. The molecule has 3 rings (SSSR count). The van der Waals surface area contributed by atoms with E-state index in [1.54, 1.807) is 18.2 Å². The largest absolute Gasteiger partial charge is 0.493 e. The van der Waals surface area contributed by atoms with Crippen LogP contribution in [-0.4, -0.2) is 12.4 Å². The molecule has 2 nitrogen and oxygen atoms in total. The number of carbonyl (C=O) groups is 1. The third-order valence-corrected chi connectivity index (χ3v) is 4.22. The summed E-state index contributed by atoms with van der Waals surface area (Å²) in [4.78, 5) is 12.7. The highest BCUT2D eigenvalue weighted by molar-refractivity contribution is 6.42. The lowest BCUT2D eigenvalue weighted by atomic mass is 9.86. The van der Waals surface area contributed by atoms with Crippen LogP contribution >= 0.6 is 23.2 Å². The Morgan fingerprint density at radius 1 is 1.10 bits per heavy atom. The zero-order valence-corrected chi connectivity index (χ0v) is 12.1. The summed E-state index contributed by atoms with van der Waals surface area (Å²) in [5, 5.41) is 0.855. The van der Waals surface area contributed by atoms with Gasteiger partial charge in [0.05, 0.1) is 22.6 Å². The molecular formula is C16H12Cl2O2. The number of ether oxygens (including phenoxy) is 1. The number of rotatable bonds is 2. The first-order valence-electron chi connectivity index (χ1n) is 6.38. The van der Waals surface area contributed by atoms with Crippen LogP contribution in [0.3, 0.4) is 0 Å². The molecule has 0 fully saturated rings. The van der Waals surface area contributed by atoms with Gasteiger partial charge in [-0.05, 0) is 30.7 Å². The number of hydrogen-bond acceptors (Lipinski definition) is 2. The summed E-state index contributed by atoms with van der Waals surface area (Å²) in [5.41, 5.74) is 1.52. The Hall–Kier alpha value is -1.51. The average Bonchev–Trinajstić information content (AvgIpc) is 2.49. The van der Waals surface area contributed by atoms with E-state index in [1.165, 1.54) is 0 Å². The van der Waals surface area contributed by atoms with Crippen LogP contribution in [0.2, 0.25) is 10.0 Å². The number of para-hydroxylation sites is 1. The van der Waals surface area contributed by atoms with Gasteiger partial charge in [-0.1, -0.05) is 41.4 Å². The summed E-state index contributed by atoms with van der Waals surface area (Å²) in [6.07, 6.45) is 0.677. The molecule has 4 heteroatoms. The van der Waals surface area contributed by atoms with Gasteiger partial charge in [-0.3, -0.25) is 4.79 Å². The molecule has 0 saturated heterocycles. The Kier molecular flexibility index (Phi) is 3.68. The van der Waals surface area contributed by atoms with Crippen LogP contribution in [0.15, 0.2) is 42.5 Å². The maximum atomic E-state index is 12.7. The normalized spacial score (nSPS) is 17.2. The van der Waals surface area contributed by atoms with Gasteiger partial charge in [0, 0.05) is 11.1 Å². The first-order chi connectivity index (χ1) is 9.66. The van der Waals surface area contributed by atoms with Gasteiger partial charge in [-0.2, -0.15) is 0 Å². The van der Waals surface area contributed by atoms with Crippen LogP contribution in [0.4, 0.5) is 0 Å². The molecule has 1 unspecified atom stereocenters. The molecule has 1 heterocycles. The van der Waals surface area contributed by atoms with E-state index in [2.05, 4.69) is 0 Å². The molecule has 1 aliphatic heterocycles. The van der Waals surface area contributed by atoms with Crippen molar-refractivity contribution in [3.8, 4) is 5.75 Å². The minimum atomic E-state index is -0.183. The van der Waals surface area contributed by atoms with Crippen molar-refractivity contribution >= 4 is 29.0 Å². The maximum Gasteiger partial charge on any atom is 0.170 e. The first kappa shape index (κ1) is 13.5. The Balaban J connectivity index is 1.97. The SMILES string of the molecule is O=C(c1ccc(Cl)c(Cl)c1)C1CCOc2ccccc21. The number of fused-ring (bicyclic) bond motifs is 1. The molecule has 0 aliphatic carbocycles. The predicted molar refractivity (Wildman–Crippen MR) is 80.1 cm³/mol. The lowest BCUT2D eigenvalue weighted by molar-refractivity contribution is 0.0933. The van der Waals surface area contributed by atoms with E-state index in [9.17, 15) is 4.79 Å². The van der Waals surface area contributed by atoms with Crippen molar-refractivity contribution < 1.29 is 9.53 Å². The topological polar surface area (TPSA) is 26.3 Å². The van der Waals surface area contributed by atoms with E-state index in [1.807, 2.05) is 24.3 Å². The van der Waals surface area contributed by atoms with E-state index >= 15 is 0 Å². The molecule has 0 aromatic heterocycles. The highest BCUT2D eigenvalue weighted by atomic mass is 35.5. The number of hydrogen-bond donors (Lipinski definition) is 0. The Bertz CT molecular complexity index is 667. The predicted octanol–water partition coefficient (Wildman–Crippen LogP) is 4.74. The van der Waals surface area contributed by atoms with Crippen LogP contribution in [-0.2, 0) is 0 Å². The molecule has 0 amide bonds. The van der Waals surface area contributed by atoms with Crippen molar-refractivity contribution in [2.45, 2.75) is 12.3 Å². The molecule has 0 bridgehead atoms. The molecule has 1 atom stereocenters. The summed E-state index contributed by atoms with van der Waals surface area (Å²) < 4.78 is 5.58. The monoisotopic (exact) mass is 306 g/mol. The minimum absolute atomic E-state index is 0.0549. The van der Waals surface area contributed by atoms with Gasteiger partial charge in [0.2, 0.25) is 0 Å². The highest BCUT2D eigenvalue weighted by Crippen LogP contribution is 2.36. The third-order valence-electron chi connectivity index (χ3n) is 3.48. The lowest BCUT2D eigenvalue weighted by Crippen LogP contribution is -2.21. The molecule has 102 valence electrons. The lowest BCUT2D eigenvalue weighted by Gasteiger charge is -2.25. The quantitative estimate of drug-likeness (QED) is 0.749. The Morgan fingerprint density at radius 3 is 2.70 bits per heavy atom. The molecular weight excluding hydrogens is 295 g/mol. The fourth-order valence-corrected chi connectivity index (χ4v) is 2.76. The Morgan fingerprint density at radius 2 is 1.90 bits per heavy atom. The summed E-state index contributed by atoms with van der Waals surface area (Å²) in [7, 11) is 0. The zero-order valence-electron chi connectivity index (χ0n) is 10.6. The van der Waals surface area contributed by atoms with Crippen molar-refractivity contribution in [1.29, 1.82) is 0 Å². The Labute approximate surface area is 127 Å². The number of halogens is 2. The molecule has 0 saturated carbocycles. The van der Waals surface area contributed by atoms with Gasteiger partial charge in [0.25, 0.3) is 0 Å². The van der Waals surface area contributed by atoms with Gasteiger partial charge < -0.3 is 4.74 Å². The van der Waals surface area contributed by atoms with Crippen LogP contribution in [0, 0.1) is 0 Å². The number of Topliss-reactive ketones (excluding diaryl/α,β-unsaturated/α-hetero) is 1. The maximum absolute atomic E-state index is 12.7. The fourth-order valence-electron chi connectivity index (χ4n) is 2.47. The fraction of sp³-hybridized carbons (Fsp3) is 0.188. The molecule has 2 aromatic carbocycles. The minimum Gasteiger partial charge on any atom is -0.493 e. The second-order valence-electron chi connectivity index (χ2n) is 4.72. The van der Waals surface area contributed by atoms with Crippen LogP contribution < -0.4 is 4.74 Å². The van der Waals surface area contributed by atoms with E-state index in [0.717, 1.165) is 11.3 Å². The summed E-state index contributed by atoms with van der Waals surface area (Å²) in [6.45, 7) is 0.550.